The molecule has 1 aromatic carbocycles. The fourth-order valence-electron chi connectivity index (χ4n) is 3.45. The molecule has 2 nitrogen and oxygen atoms in total. The summed E-state index contributed by atoms with van der Waals surface area (Å²) in [5.41, 5.74) is 4.40. The number of Topliss-reactive ketones (excluding diaryl/α,β-unsaturated/α-hetero) is 1. The van der Waals surface area contributed by atoms with Gasteiger partial charge in [-0.1, -0.05) is 31.5 Å². The van der Waals surface area contributed by atoms with Gasteiger partial charge in [-0.15, -0.1) is 0 Å². The largest absolute Gasteiger partial charge is 0.296 e. The third-order valence-corrected chi connectivity index (χ3v) is 4.57. The molecule has 1 aliphatic heterocycles. The molecule has 0 amide bonds. The summed E-state index contributed by atoms with van der Waals surface area (Å²) in [6, 6.07) is 4.22. The van der Waals surface area contributed by atoms with Gasteiger partial charge in [-0.05, 0) is 56.7 Å². The van der Waals surface area contributed by atoms with E-state index in [1.165, 1.54) is 12.0 Å². The lowest BCUT2D eigenvalue weighted by Gasteiger charge is -2.18. The van der Waals surface area contributed by atoms with Crippen molar-refractivity contribution in [1.82, 2.24) is 4.90 Å². The minimum Gasteiger partial charge on any atom is -0.296 e. The topological polar surface area (TPSA) is 20.3 Å². The van der Waals surface area contributed by atoms with E-state index in [1.807, 2.05) is 13.8 Å². The van der Waals surface area contributed by atoms with Crippen molar-refractivity contribution in [2.24, 2.45) is 11.8 Å². The van der Waals surface area contributed by atoms with Gasteiger partial charge in [-0.25, -0.2) is 0 Å². The number of nitrogens with zero attached hydrogens (tertiary/aromatic N) is 1. The maximum absolute atomic E-state index is 12.6. The molecule has 1 saturated heterocycles. The van der Waals surface area contributed by atoms with E-state index in [4.69, 9.17) is 0 Å². The van der Waals surface area contributed by atoms with Crippen molar-refractivity contribution in [1.29, 1.82) is 0 Å². The second kappa shape index (κ2) is 6.09. The van der Waals surface area contributed by atoms with Crippen LogP contribution in [0.5, 0.6) is 0 Å². The van der Waals surface area contributed by atoms with E-state index in [1.54, 1.807) is 0 Å². The van der Waals surface area contributed by atoms with Gasteiger partial charge in [0.1, 0.15) is 0 Å². The predicted molar refractivity (Wildman–Crippen MR) is 84.4 cm³/mol. The van der Waals surface area contributed by atoms with Crippen molar-refractivity contribution in [3.8, 4) is 0 Å². The number of likely N-dealkylation sites (tertiary alicyclic amines) is 1. The van der Waals surface area contributed by atoms with Crippen molar-refractivity contribution in [2.45, 2.75) is 41.0 Å². The molecule has 110 valence electrons. The Labute approximate surface area is 123 Å². The third-order valence-electron chi connectivity index (χ3n) is 4.57. The predicted octanol–water partition coefficient (Wildman–Crippen LogP) is 3.77. The molecule has 0 radical (unpaired) electrons. The minimum absolute atomic E-state index is 0.282. The maximum atomic E-state index is 12.6. The van der Waals surface area contributed by atoms with Crippen molar-refractivity contribution >= 4 is 5.78 Å². The molecule has 1 aromatic rings. The third kappa shape index (κ3) is 3.29. The number of hydrogen-bond donors (Lipinski definition) is 0. The summed E-state index contributed by atoms with van der Waals surface area (Å²) in [6.45, 7) is 13.5. The Morgan fingerprint density at radius 2 is 1.85 bits per heavy atom. The van der Waals surface area contributed by atoms with E-state index in [0.29, 0.717) is 6.54 Å². The molecule has 0 aromatic heterocycles. The highest BCUT2D eigenvalue weighted by Crippen LogP contribution is 2.24. The normalized spacial score (nSPS) is 19.8. The number of carbonyl (C=O) groups excluding carboxylic acids is 1. The molecule has 0 saturated carbocycles. The Morgan fingerprint density at radius 3 is 2.35 bits per heavy atom. The standard InChI is InChI=1S/C18H27NO/c1-12(2)16-6-7-19(10-16)11-17(20)18-14(4)8-13(3)9-15(18)5/h8-9,12,16H,6-7,10-11H2,1-5H3. The van der Waals surface area contributed by atoms with Crippen molar-refractivity contribution in [3.63, 3.8) is 0 Å². The van der Waals surface area contributed by atoms with E-state index in [-0.39, 0.29) is 5.78 Å². The van der Waals surface area contributed by atoms with Gasteiger partial charge in [0.15, 0.2) is 5.78 Å². The Morgan fingerprint density at radius 1 is 1.25 bits per heavy atom. The van der Waals surface area contributed by atoms with Crippen molar-refractivity contribution in [3.05, 3.63) is 34.4 Å². The first-order valence-electron chi connectivity index (χ1n) is 7.72. The van der Waals surface area contributed by atoms with Crippen molar-refractivity contribution in [2.75, 3.05) is 19.6 Å². The molecule has 1 unspecified atom stereocenters. The van der Waals surface area contributed by atoms with Crippen molar-refractivity contribution < 1.29 is 4.79 Å². The monoisotopic (exact) mass is 273 g/mol. The maximum Gasteiger partial charge on any atom is 0.177 e. The van der Waals surface area contributed by atoms with Crippen LogP contribution < -0.4 is 0 Å². The fourth-order valence-corrected chi connectivity index (χ4v) is 3.45. The smallest absolute Gasteiger partial charge is 0.177 e. The summed E-state index contributed by atoms with van der Waals surface area (Å²) >= 11 is 0. The average Bonchev–Trinajstić information content (AvgIpc) is 2.75. The van der Waals surface area contributed by atoms with Gasteiger partial charge in [0.2, 0.25) is 0 Å². The minimum atomic E-state index is 0.282. The Bertz CT molecular complexity index is 481. The zero-order valence-electron chi connectivity index (χ0n) is 13.5. The van der Waals surface area contributed by atoms with Gasteiger partial charge in [0.05, 0.1) is 6.54 Å². The molecule has 2 heteroatoms. The zero-order chi connectivity index (χ0) is 14.9. The summed E-state index contributed by atoms with van der Waals surface area (Å²) < 4.78 is 0. The SMILES string of the molecule is Cc1cc(C)c(C(=O)CN2CCC(C(C)C)C2)c(C)c1. The average molecular weight is 273 g/mol. The zero-order valence-corrected chi connectivity index (χ0v) is 13.5. The molecule has 0 spiro atoms. The number of hydrogen-bond acceptors (Lipinski definition) is 2. The molecule has 2 rings (SSSR count). The molecule has 0 N–H and O–H groups in total. The summed E-state index contributed by atoms with van der Waals surface area (Å²) in [6.07, 6.45) is 1.23. The van der Waals surface area contributed by atoms with Crippen LogP contribution in [-0.4, -0.2) is 30.3 Å². The summed E-state index contributed by atoms with van der Waals surface area (Å²) in [4.78, 5) is 14.9. The summed E-state index contributed by atoms with van der Waals surface area (Å²) in [5, 5.41) is 0. The molecular formula is C18H27NO. The summed E-state index contributed by atoms with van der Waals surface area (Å²) in [7, 11) is 0. The van der Waals surface area contributed by atoms with E-state index in [2.05, 4.69) is 37.8 Å². The first-order valence-corrected chi connectivity index (χ1v) is 7.72. The molecule has 20 heavy (non-hydrogen) atoms. The van der Waals surface area contributed by atoms with Crippen LogP contribution in [0.4, 0.5) is 0 Å². The highest BCUT2D eigenvalue weighted by Gasteiger charge is 2.26. The Kier molecular flexibility index (Phi) is 4.64. The first-order chi connectivity index (χ1) is 9.38. The number of carbonyl (C=O) groups is 1. The van der Waals surface area contributed by atoms with Crippen LogP contribution in [0.25, 0.3) is 0 Å². The van der Waals surface area contributed by atoms with Gasteiger partial charge in [-0.3, -0.25) is 9.69 Å². The second-order valence-electron chi connectivity index (χ2n) is 6.72. The molecule has 1 fully saturated rings. The fraction of sp³-hybridized carbons (Fsp3) is 0.611. The Balaban J connectivity index is 2.07. The van der Waals surface area contributed by atoms with Crippen LogP contribution in [0.1, 0.15) is 47.3 Å². The lowest BCUT2D eigenvalue weighted by atomic mass is 9.95. The molecule has 1 heterocycles. The van der Waals surface area contributed by atoms with E-state index < -0.39 is 0 Å². The second-order valence-corrected chi connectivity index (χ2v) is 6.72. The summed E-state index contributed by atoms with van der Waals surface area (Å²) in [5.74, 6) is 1.75. The Hall–Kier alpha value is -1.15. The quantitative estimate of drug-likeness (QED) is 0.778. The first kappa shape index (κ1) is 15.2. The number of benzene rings is 1. The van der Waals surface area contributed by atoms with Gasteiger partial charge >= 0.3 is 0 Å². The van der Waals surface area contributed by atoms with Crippen LogP contribution in [0, 0.1) is 32.6 Å². The highest BCUT2D eigenvalue weighted by molar-refractivity contribution is 6.00. The molecule has 0 aliphatic carbocycles. The van der Waals surface area contributed by atoms with Crippen LogP contribution >= 0.6 is 0 Å². The molecule has 1 atom stereocenters. The van der Waals surface area contributed by atoms with Crippen LogP contribution in [0.2, 0.25) is 0 Å². The lowest BCUT2D eigenvalue weighted by molar-refractivity contribution is 0.0940. The van der Waals surface area contributed by atoms with Gasteiger partial charge in [0.25, 0.3) is 0 Å². The van der Waals surface area contributed by atoms with Crippen LogP contribution in [-0.2, 0) is 0 Å². The molecule has 0 bridgehead atoms. The van der Waals surface area contributed by atoms with Crippen LogP contribution in [0.15, 0.2) is 12.1 Å². The highest BCUT2D eigenvalue weighted by atomic mass is 16.1. The number of aryl methyl sites for hydroxylation is 3. The molecule has 1 aliphatic rings. The van der Waals surface area contributed by atoms with Gasteiger partial charge in [0, 0.05) is 12.1 Å². The molecular weight excluding hydrogens is 246 g/mol. The van der Waals surface area contributed by atoms with Gasteiger partial charge in [-0.2, -0.15) is 0 Å². The lowest BCUT2D eigenvalue weighted by Crippen LogP contribution is -2.29. The van der Waals surface area contributed by atoms with Gasteiger partial charge < -0.3 is 0 Å². The van der Waals surface area contributed by atoms with Crippen LogP contribution in [0.3, 0.4) is 0 Å². The van der Waals surface area contributed by atoms with E-state index in [9.17, 15) is 4.79 Å². The van der Waals surface area contributed by atoms with E-state index in [0.717, 1.165) is 41.6 Å². The number of ketones is 1. The number of rotatable bonds is 4. The van der Waals surface area contributed by atoms with E-state index >= 15 is 0 Å².